The summed E-state index contributed by atoms with van der Waals surface area (Å²) in [5, 5.41) is 2.45. The lowest BCUT2D eigenvalue weighted by molar-refractivity contribution is -0.120. The fourth-order valence-electron chi connectivity index (χ4n) is 0.650. The highest BCUT2D eigenvalue weighted by atomic mass is 16.1. The monoisotopic (exact) mass is 189 g/mol. The summed E-state index contributed by atoms with van der Waals surface area (Å²) in [7, 11) is 1.60. The fraction of sp³-hybridized carbons (Fsp3) is 0.889. The summed E-state index contributed by atoms with van der Waals surface area (Å²) >= 11 is 0. The zero-order valence-electron chi connectivity index (χ0n) is 8.81. The summed E-state index contributed by atoms with van der Waals surface area (Å²) < 4.78 is 0. The predicted molar refractivity (Wildman–Crippen MR) is 56.3 cm³/mol. The van der Waals surface area contributed by atoms with Gasteiger partial charge in [0.15, 0.2) is 0 Å². The maximum atomic E-state index is 10.2. The van der Waals surface area contributed by atoms with E-state index in [9.17, 15) is 4.79 Å². The first-order valence-electron chi connectivity index (χ1n) is 4.83. The predicted octanol–water partition coefficient (Wildman–Crippen LogP) is 0.217. The van der Waals surface area contributed by atoms with E-state index in [-0.39, 0.29) is 5.91 Å². The molecule has 0 rings (SSSR count). The van der Waals surface area contributed by atoms with Crippen molar-refractivity contribution in [2.45, 2.75) is 32.6 Å². The van der Waals surface area contributed by atoms with Crippen molar-refractivity contribution in [1.29, 1.82) is 0 Å². The number of nitrogens with one attached hydrogen (secondary N) is 1. The number of carbonyl (C=O) groups is 1. The Labute approximate surface area is 81.1 Å². The smallest absolute Gasteiger partial charge is 0.221 e. The number of hydrogen-bond donors (Lipinski definition) is 3. The molecular weight excluding hydrogens is 166 g/mol. The van der Waals surface area contributed by atoms with Crippen LogP contribution < -0.4 is 16.8 Å². The minimum Gasteiger partial charge on any atom is -0.359 e. The second-order valence-corrected chi connectivity index (χ2v) is 2.71. The Kier molecular flexibility index (Phi) is 16.0. The minimum absolute atomic E-state index is 0.00231. The third-order valence-corrected chi connectivity index (χ3v) is 1.46. The zero-order chi connectivity index (χ0) is 10.5. The normalized spacial score (nSPS) is 8.62. The highest BCUT2D eigenvalue weighted by Crippen LogP contribution is 1.88. The second-order valence-electron chi connectivity index (χ2n) is 2.71. The molecule has 0 aliphatic rings. The Hall–Kier alpha value is -0.610. The van der Waals surface area contributed by atoms with E-state index >= 15 is 0 Å². The molecular formula is C9H23N3O. The van der Waals surface area contributed by atoms with Crippen LogP contribution in [0.4, 0.5) is 0 Å². The van der Waals surface area contributed by atoms with E-state index in [4.69, 9.17) is 11.5 Å². The Morgan fingerprint density at radius 1 is 1.23 bits per heavy atom. The highest BCUT2D eigenvalue weighted by Gasteiger charge is 1.90. The van der Waals surface area contributed by atoms with Crippen LogP contribution in [0.1, 0.15) is 32.6 Å². The van der Waals surface area contributed by atoms with Crippen LogP contribution in [0.15, 0.2) is 0 Å². The van der Waals surface area contributed by atoms with Crippen molar-refractivity contribution >= 4 is 5.91 Å². The molecule has 4 nitrogen and oxygen atoms in total. The van der Waals surface area contributed by atoms with Crippen LogP contribution in [0.5, 0.6) is 0 Å². The lowest BCUT2D eigenvalue weighted by Crippen LogP contribution is -2.20. The molecule has 5 N–H and O–H groups in total. The molecule has 0 atom stereocenters. The largest absolute Gasteiger partial charge is 0.359 e. The average molecular weight is 189 g/mol. The first kappa shape index (κ1) is 14.9. The van der Waals surface area contributed by atoms with Gasteiger partial charge in [-0.3, -0.25) is 4.79 Å². The first-order valence-corrected chi connectivity index (χ1v) is 4.83. The Morgan fingerprint density at radius 3 is 2.00 bits per heavy atom. The first-order chi connectivity index (χ1) is 6.22. The molecule has 0 saturated heterocycles. The molecule has 0 spiro atoms. The van der Waals surface area contributed by atoms with Crippen molar-refractivity contribution in [3.05, 3.63) is 0 Å². The van der Waals surface area contributed by atoms with Crippen LogP contribution >= 0.6 is 0 Å². The number of amides is 1. The fourth-order valence-corrected chi connectivity index (χ4v) is 0.650. The van der Waals surface area contributed by atoms with Gasteiger partial charge in [0.25, 0.3) is 0 Å². The van der Waals surface area contributed by atoms with Gasteiger partial charge in [-0.15, -0.1) is 0 Å². The van der Waals surface area contributed by atoms with E-state index in [0.29, 0.717) is 13.0 Å². The molecule has 0 aliphatic carbocycles. The van der Waals surface area contributed by atoms with Crippen molar-refractivity contribution in [2.24, 2.45) is 11.5 Å². The van der Waals surface area contributed by atoms with Crippen molar-refractivity contribution in [3.63, 3.8) is 0 Å². The van der Waals surface area contributed by atoms with Gasteiger partial charge in [-0.2, -0.15) is 0 Å². The third kappa shape index (κ3) is 18.4. The Bertz CT molecular complexity index is 103. The molecule has 0 aromatic heterocycles. The zero-order valence-corrected chi connectivity index (χ0v) is 8.81. The van der Waals surface area contributed by atoms with Gasteiger partial charge in [0.05, 0.1) is 0 Å². The molecule has 1 amide bonds. The maximum absolute atomic E-state index is 10.2. The molecule has 0 unspecified atom stereocenters. The van der Waals surface area contributed by atoms with E-state index in [2.05, 4.69) is 12.2 Å². The number of carbonyl (C=O) groups excluding carboxylic acids is 1. The van der Waals surface area contributed by atoms with Crippen molar-refractivity contribution in [2.75, 3.05) is 20.1 Å². The number of unbranched alkanes of at least 4 members (excludes halogenated alkanes) is 2. The Morgan fingerprint density at radius 2 is 1.85 bits per heavy atom. The average Bonchev–Trinajstić information content (AvgIpc) is 2.16. The summed E-state index contributed by atoms with van der Waals surface area (Å²) in [5.41, 5.74) is 10.3. The molecule has 0 aromatic carbocycles. The topological polar surface area (TPSA) is 81.1 Å². The summed E-state index contributed by atoms with van der Waals surface area (Å²) in [6.07, 6.45) is 4.18. The van der Waals surface area contributed by atoms with Gasteiger partial charge in [-0.05, 0) is 13.0 Å². The molecule has 13 heavy (non-hydrogen) atoms. The lowest BCUT2D eigenvalue weighted by atomic mass is 10.3. The summed E-state index contributed by atoms with van der Waals surface area (Å²) in [6, 6.07) is 0. The van der Waals surface area contributed by atoms with Gasteiger partial charge in [0.2, 0.25) is 5.91 Å². The lowest BCUT2D eigenvalue weighted by Gasteiger charge is -1.91. The third-order valence-electron chi connectivity index (χ3n) is 1.46. The van der Waals surface area contributed by atoms with Crippen molar-refractivity contribution in [3.8, 4) is 0 Å². The summed E-state index contributed by atoms with van der Waals surface area (Å²) in [4.78, 5) is 10.2. The van der Waals surface area contributed by atoms with Crippen LogP contribution in [-0.4, -0.2) is 26.0 Å². The quantitative estimate of drug-likeness (QED) is 0.541. The second kappa shape index (κ2) is 13.9. The molecule has 0 saturated carbocycles. The standard InChI is InChI=1S/C5H13N.C4H10N2O/c1-2-3-4-5-6;1-6-4(7)2-3-5/h2-6H2,1H3;2-3,5H2,1H3,(H,6,7). The number of hydrogen-bond acceptors (Lipinski definition) is 3. The van der Waals surface area contributed by atoms with Crippen molar-refractivity contribution < 1.29 is 4.79 Å². The van der Waals surface area contributed by atoms with Gasteiger partial charge in [0, 0.05) is 20.0 Å². The summed E-state index contributed by atoms with van der Waals surface area (Å²) in [5.74, 6) is 0.00231. The molecule has 0 fully saturated rings. The van der Waals surface area contributed by atoms with Gasteiger partial charge in [-0.25, -0.2) is 0 Å². The molecule has 0 aliphatic heterocycles. The molecule has 0 aromatic rings. The molecule has 0 heterocycles. The SMILES string of the molecule is CCCCCN.CNC(=O)CCN. The van der Waals surface area contributed by atoms with Crippen molar-refractivity contribution in [1.82, 2.24) is 5.32 Å². The number of rotatable bonds is 5. The van der Waals surface area contributed by atoms with Crippen LogP contribution in [0.25, 0.3) is 0 Å². The van der Waals surface area contributed by atoms with Crippen LogP contribution in [0.3, 0.4) is 0 Å². The highest BCUT2D eigenvalue weighted by molar-refractivity contribution is 5.75. The van der Waals surface area contributed by atoms with Crippen LogP contribution in [0.2, 0.25) is 0 Å². The van der Waals surface area contributed by atoms with E-state index in [0.717, 1.165) is 6.54 Å². The van der Waals surface area contributed by atoms with E-state index in [1.807, 2.05) is 0 Å². The molecule has 0 bridgehead atoms. The molecule has 4 heteroatoms. The van der Waals surface area contributed by atoms with Gasteiger partial charge in [-0.1, -0.05) is 19.8 Å². The molecule has 80 valence electrons. The van der Waals surface area contributed by atoms with Crippen LogP contribution in [-0.2, 0) is 4.79 Å². The van der Waals surface area contributed by atoms with Gasteiger partial charge in [0.1, 0.15) is 0 Å². The molecule has 0 radical (unpaired) electrons. The number of nitrogens with two attached hydrogens (primary N) is 2. The minimum atomic E-state index is 0.00231. The van der Waals surface area contributed by atoms with Crippen LogP contribution in [0, 0.1) is 0 Å². The van der Waals surface area contributed by atoms with Gasteiger partial charge < -0.3 is 16.8 Å². The maximum Gasteiger partial charge on any atom is 0.221 e. The Balaban J connectivity index is 0. The van der Waals surface area contributed by atoms with Gasteiger partial charge >= 0.3 is 0 Å². The van der Waals surface area contributed by atoms with E-state index in [1.165, 1.54) is 19.3 Å². The summed E-state index contributed by atoms with van der Waals surface area (Å²) in [6.45, 7) is 3.46. The van der Waals surface area contributed by atoms with E-state index in [1.54, 1.807) is 7.05 Å². The van der Waals surface area contributed by atoms with E-state index < -0.39 is 0 Å².